The van der Waals surface area contributed by atoms with E-state index < -0.39 is 0 Å². The fourth-order valence-electron chi connectivity index (χ4n) is 1.82. The lowest BCUT2D eigenvalue weighted by atomic mass is 9.89. The van der Waals surface area contributed by atoms with Gasteiger partial charge in [0.05, 0.1) is 7.11 Å². The predicted molar refractivity (Wildman–Crippen MR) is 78.6 cm³/mol. The van der Waals surface area contributed by atoms with Crippen molar-refractivity contribution >= 4 is 11.6 Å². The van der Waals surface area contributed by atoms with Crippen LogP contribution in [0.5, 0.6) is 5.75 Å². The van der Waals surface area contributed by atoms with Gasteiger partial charge in [-0.2, -0.15) is 0 Å². The minimum Gasteiger partial charge on any atom is -0.496 e. The molecular formula is C15H24N2O2. The van der Waals surface area contributed by atoms with Crippen LogP contribution in [0.1, 0.15) is 25.8 Å². The quantitative estimate of drug-likeness (QED) is 0.888. The summed E-state index contributed by atoms with van der Waals surface area (Å²) in [4.78, 5) is 13.9. The summed E-state index contributed by atoms with van der Waals surface area (Å²) < 4.78 is 5.22. The van der Waals surface area contributed by atoms with Crippen molar-refractivity contribution in [2.24, 2.45) is 11.1 Å². The highest BCUT2D eigenvalue weighted by molar-refractivity contribution is 5.93. The summed E-state index contributed by atoms with van der Waals surface area (Å²) in [6.45, 7) is 6.45. The molecule has 4 heteroatoms. The van der Waals surface area contributed by atoms with Gasteiger partial charge in [-0.25, -0.2) is 0 Å². The molecule has 0 aliphatic carbocycles. The monoisotopic (exact) mass is 264 g/mol. The maximum atomic E-state index is 12.2. The van der Waals surface area contributed by atoms with Crippen molar-refractivity contribution in [3.05, 3.63) is 23.8 Å². The lowest BCUT2D eigenvalue weighted by molar-refractivity contribution is -0.120. The topological polar surface area (TPSA) is 55.6 Å². The maximum Gasteiger partial charge on any atom is 0.227 e. The van der Waals surface area contributed by atoms with Crippen LogP contribution in [0.15, 0.2) is 18.2 Å². The van der Waals surface area contributed by atoms with Crippen LogP contribution in [-0.4, -0.2) is 26.6 Å². The van der Waals surface area contributed by atoms with Crippen LogP contribution in [0.3, 0.4) is 0 Å². The molecule has 0 saturated carbocycles. The van der Waals surface area contributed by atoms with Crippen LogP contribution in [-0.2, 0) is 4.79 Å². The van der Waals surface area contributed by atoms with Crippen LogP contribution >= 0.6 is 0 Å². The lowest BCUT2D eigenvalue weighted by Gasteiger charge is -2.26. The van der Waals surface area contributed by atoms with Crippen molar-refractivity contribution in [1.82, 2.24) is 0 Å². The molecule has 0 saturated heterocycles. The molecule has 0 bridgehead atoms. The Balaban J connectivity index is 2.85. The predicted octanol–water partition coefficient (Wildman–Crippen LogP) is 2.34. The molecule has 2 N–H and O–H groups in total. The summed E-state index contributed by atoms with van der Waals surface area (Å²) in [7, 11) is 3.43. The summed E-state index contributed by atoms with van der Waals surface area (Å²) >= 11 is 0. The highest BCUT2D eigenvalue weighted by Gasteiger charge is 2.23. The molecule has 1 rings (SSSR count). The number of carbonyl (C=O) groups excluding carboxylic acids is 1. The Hall–Kier alpha value is -1.55. The van der Waals surface area contributed by atoms with E-state index in [-0.39, 0.29) is 11.3 Å². The van der Waals surface area contributed by atoms with Crippen molar-refractivity contribution in [1.29, 1.82) is 0 Å². The summed E-state index contributed by atoms with van der Waals surface area (Å²) in [6, 6.07) is 5.72. The number of ether oxygens (including phenoxy) is 1. The second-order valence-corrected chi connectivity index (χ2v) is 5.65. The number of nitrogens with two attached hydrogens (primary N) is 1. The number of amides is 1. The number of hydrogen-bond acceptors (Lipinski definition) is 3. The van der Waals surface area contributed by atoms with Crippen LogP contribution in [0, 0.1) is 12.3 Å². The maximum absolute atomic E-state index is 12.2. The SMILES string of the molecule is COc1ccc(N(C)C(=O)CC(C)(C)CN)cc1C. The zero-order chi connectivity index (χ0) is 14.6. The molecule has 1 amide bonds. The van der Waals surface area contributed by atoms with Crippen LogP contribution in [0.4, 0.5) is 5.69 Å². The summed E-state index contributed by atoms with van der Waals surface area (Å²) in [5.41, 5.74) is 7.38. The molecular weight excluding hydrogens is 240 g/mol. The fourth-order valence-corrected chi connectivity index (χ4v) is 1.82. The van der Waals surface area contributed by atoms with Crippen LogP contribution in [0.2, 0.25) is 0 Å². The van der Waals surface area contributed by atoms with Gasteiger partial charge >= 0.3 is 0 Å². The number of anilines is 1. The van der Waals surface area contributed by atoms with E-state index in [9.17, 15) is 4.79 Å². The molecule has 0 unspecified atom stereocenters. The third kappa shape index (κ3) is 3.96. The Morgan fingerprint density at radius 3 is 2.53 bits per heavy atom. The molecule has 0 aliphatic heterocycles. The normalized spacial score (nSPS) is 11.3. The van der Waals surface area contributed by atoms with E-state index >= 15 is 0 Å². The first kappa shape index (κ1) is 15.5. The second-order valence-electron chi connectivity index (χ2n) is 5.65. The zero-order valence-corrected chi connectivity index (χ0v) is 12.5. The molecule has 0 aromatic heterocycles. The van der Waals surface area contributed by atoms with Gasteiger partial charge in [-0.3, -0.25) is 4.79 Å². The standard InChI is InChI=1S/C15H24N2O2/c1-11-8-12(6-7-13(11)19-5)17(4)14(18)9-15(2,3)10-16/h6-8H,9-10,16H2,1-5H3. The van der Waals surface area contributed by atoms with Gasteiger partial charge in [0.25, 0.3) is 0 Å². The molecule has 19 heavy (non-hydrogen) atoms. The van der Waals surface area contributed by atoms with E-state index in [1.165, 1.54) is 0 Å². The summed E-state index contributed by atoms with van der Waals surface area (Å²) in [5, 5.41) is 0. The van der Waals surface area contributed by atoms with E-state index in [1.807, 2.05) is 39.0 Å². The molecule has 0 spiro atoms. The molecule has 106 valence electrons. The van der Waals surface area contributed by atoms with Gasteiger partial charge in [0.15, 0.2) is 0 Å². The van der Waals surface area contributed by atoms with Gasteiger partial charge in [0.2, 0.25) is 5.91 Å². The van der Waals surface area contributed by atoms with Gasteiger partial charge in [-0.15, -0.1) is 0 Å². The second kappa shape index (κ2) is 6.06. The number of benzene rings is 1. The summed E-state index contributed by atoms with van der Waals surface area (Å²) in [6.07, 6.45) is 0.436. The number of hydrogen-bond donors (Lipinski definition) is 1. The van der Waals surface area contributed by atoms with E-state index in [0.717, 1.165) is 17.0 Å². The van der Waals surface area contributed by atoms with Crippen molar-refractivity contribution in [3.63, 3.8) is 0 Å². The van der Waals surface area contributed by atoms with E-state index in [0.29, 0.717) is 13.0 Å². The average Bonchev–Trinajstić information content (AvgIpc) is 2.37. The van der Waals surface area contributed by atoms with Gasteiger partial charge < -0.3 is 15.4 Å². The molecule has 0 aliphatic rings. The largest absolute Gasteiger partial charge is 0.496 e. The fraction of sp³-hybridized carbons (Fsp3) is 0.533. The first-order chi connectivity index (χ1) is 8.80. The number of rotatable bonds is 5. The zero-order valence-electron chi connectivity index (χ0n) is 12.5. The number of nitrogens with zero attached hydrogens (tertiary/aromatic N) is 1. The minimum absolute atomic E-state index is 0.0695. The molecule has 0 fully saturated rings. The minimum atomic E-state index is -0.174. The van der Waals surface area contributed by atoms with Gasteiger partial charge in [-0.1, -0.05) is 13.8 Å². The van der Waals surface area contributed by atoms with Crippen molar-refractivity contribution in [2.45, 2.75) is 27.2 Å². The third-order valence-electron chi connectivity index (χ3n) is 3.32. The molecule has 1 aromatic rings. The Labute approximate surface area is 115 Å². The highest BCUT2D eigenvalue weighted by atomic mass is 16.5. The Morgan fingerprint density at radius 2 is 2.05 bits per heavy atom. The smallest absolute Gasteiger partial charge is 0.227 e. The Bertz CT molecular complexity index is 455. The van der Waals surface area contributed by atoms with Crippen LogP contribution in [0.25, 0.3) is 0 Å². The van der Waals surface area contributed by atoms with Crippen LogP contribution < -0.4 is 15.4 Å². The Morgan fingerprint density at radius 1 is 1.42 bits per heavy atom. The van der Waals surface area contributed by atoms with E-state index in [4.69, 9.17) is 10.5 Å². The molecule has 0 atom stereocenters. The molecule has 0 heterocycles. The van der Waals surface area contributed by atoms with Gasteiger partial charge in [0.1, 0.15) is 5.75 Å². The lowest BCUT2D eigenvalue weighted by Crippen LogP contribution is -2.34. The third-order valence-corrected chi connectivity index (χ3v) is 3.32. The van der Waals surface area contributed by atoms with Gasteiger partial charge in [-0.05, 0) is 42.6 Å². The average molecular weight is 264 g/mol. The van der Waals surface area contributed by atoms with E-state index in [2.05, 4.69) is 0 Å². The molecule has 4 nitrogen and oxygen atoms in total. The Kier molecular flexibility index (Phi) is 4.95. The first-order valence-corrected chi connectivity index (χ1v) is 6.42. The number of aryl methyl sites for hydroxylation is 1. The highest BCUT2D eigenvalue weighted by Crippen LogP contribution is 2.26. The van der Waals surface area contributed by atoms with Crippen molar-refractivity contribution < 1.29 is 9.53 Å². The van der Waals surface area contributed by atoms with Crippen molar-refractivity contribution in [3.8, 4) is 5.75 Å². The van der Waals surface area contributed by atoms with Gasteiger partial charge in [0, 0.05) is 19.2 Å². The molecule has 0 radical (unpaired) electrons. The molecule has 1 aromatic carbocycles. The van der Waals surface area contributed by atoms with Crippen molar-refractivity contribution in [2.75, 3.05) is 25.6 Å². The first-order valence-electron chi connectivity index (χ1n) is 6.42. The number of carbonyl (C=O) groups is 1. The van der Waals surface area contributed by atoms with E-state index in [1.54, 1.807) is 19.1 Å². The number of methoxy groups -OCH3 is 1. The summed E-state index contributed by atoms with van der Waals surface area (Å²) in [5.74, 6) is 0.895.